The lowest BCUT2D eigenvalue weighted by molar-refractivity contribution is -0.128. The second-order valence-electron chi connectivity index (χ2n) is 3.85. The summed E-state index contributed by atoms with van der Waals surface area (Å²) < 4.78 is 27.0. The molecule has 0 aliphatic rings. The summed E-state index contributed by atoms with van der Waals surface area (Å²) in [7, 11) is -0.845. The third-order valence-corrected chi connectivity index (χ3v) is 4.45. The van der Waals surface area contributed by atoms with Gasteiger partial charge in [-0.25, -0.2) is 0 Å². The zero-order valence-corrected chi connectivity index (χ0v) is 12.3. The van der Waals surface area contributed by atoms with E-state index in [0.29, 0.717) is 6.61 Å². The van der Waals surface area contributed by atoms with Crippen molar-refractivity contribution >= 4 is 13.4 Å². The Bertz CT molecular complexity index is 438. The van der Waals surface area contributed by atoms with Gasteiger partial charge in [-0.05, 0) is 12.5 Å². The van der Waals surface area contributed by atoms with E-state index >= 15 is 0 Å². The quantitative estimate of drug-likeness (QED) is 0.688. The maximum atomic E-state index is 12.2. The van der Waals surface area contributed by atoms with Gasteiger partial charge in [0.15, 0.2) is 5.78 Å². The number of carbonyl (C=O) groups excluding carboxylic acids is 1. The van der Waals surface area contributed by atoms with Crippen molar-refractivity contribution in [3.63, 3.8) is 0 Å². The second-order valence-corrected chi connectivity index (χ2v) is 6.11. The molecule has 5 nitrogen and oxygen atoms in total. The Morgan fingerprint density at radius 3 is 2.26 bits per heavy atom. The monoisotopic (exact) mass is 286 g/mol. The summed E-state index contributed by atoms with van der Waals surface area (Å²) >= 11 is 0. The first-order valence-corrected chi connectivity index (χ1v) is 7.69. The molecule has 1 rings (SSSR count). The number of hydrogen-bond donors (Lipinski definition) is 0. The number of ketones is 1. The Morgan fingerprint density at radius 2 is 1.79 bits per heavy atom. The predicted molar refractivity (Wildman–Crippen MR) is 72.3 cm³/mol. The van der Waals surface area contributed by atoms with Crippen molar-refractivity contribution in [2.45, 2.75) is 13.0 Å². The van der Waals surface area contributed by atoms with Gasteiger partial charge in [-0.15, -0.1) is 0 Å². The van der Waals surface area contributed by atoms with Gasteiger partial charge in [0.25, 0.3) is 0 Å². The summed E-state index contributed by atoms with van der Waals surface area (Å²) in [5.74, 6) is -0.319. The minimum atomic E-state index is -3.36. The standard InChI is InChI=1S/C13H19O5P/c1-4-18-13(11-8-6-5-7-9-11)12(14)10-19(15,16-2)17-3/h5-9,13H,4,10H2,1-3H3. The van der Waals surface area contributed by atoms with Crippen LogP contribution in [-0.4, -0.2) is 32.8 Å². The molecule has 0 fully saturated rings. The van der Waals surface area contributed by atoms with Gasteiger partial charge in [0, 0.05) is 20.8 Å². The number of Topliss-reactive ketones (excluding diaryl/α,β-unsaturated/α-hetero) is 1. The predicted octanol–water partition coefficient (Wildman–Crippen LogP) is 2.82. The van der Waals surface area contributed by atoms with Crippen molar-refractivity contribution in [1.29, 1.82) is 0 Å². The van der Waals surface area contributed by atoms with Gasteiger partial charge in [0.1, 0.15) is 12.3 Å². The number of hydrogen-bond acceptors (Lipinski definition) is 5. The molecule has 0 bridgehead atoms. The average molecular weight is 286 g/mol. The van der Waals surface area contributed by atoms with Crippen LogP contribution < -0.4 is 0 Å². The lowest BCUT2D eigenvalue weighted by atomic mass is 10.1. The Balaban J connectivity index is 2.89. The topological polar surface area (TPSA) is 61.8 Å². The smallest absolute Gasteiger partial charge is 0.337 e. The summed E-state index contributed by atoms with van der Waals surface area (Å²) in [5, 5.41) is 0. The maximum Gasteiger partial charge on any atom is 0.337 e. The minimum Gasteiger partial charge on any atom is -0.366 e. The molecule has 0 aliphatic heterocycles. The normalized spacial score (nSPS) is 13.2. The van der Waals surface area contributed by atoms with Gasteiger partial charge >= 0.3 is 7.60 Å². The van der Waals surface area contributed by atoms with Crippen LogP contribution in [0, 0.1) is 0 Å². The summed E-state index contributed by atoms with van der Waals surface area (Å²) in [6.07, 6.45) is -1.05. The highest BCUT2D eigenvalue weighted by molar-refractivity contribution is 7.54. The van der Waals surface area contributed by atoms with Gasteiger partial charge in [0.05, 0.1) is 0 Å². The van der Waals surface area contributed by atoms with Crippen molar-refractivity contribution in [1.82, 2.24) is 0 Å². The van der Waals surface area contributed by atoms with Gasteiger partial charge in [-0.2, -0.15) is 0 Å². The van der Waals surface area contributed by atoms with E-state index in [9.17, 15) is 9.36 Å². The fourth-order valence-corrected chi connectivity index (χ4v) is 2.60. The minimum absolute atomic E-state index is 0.306. The number of benzene rings is 1. The van der Waals surface area contributed by atoms with Crippen LogP contribution in [0.4, 0.5) is 0 Å². The summed E-state index contributed by atoms with van der Waals surface area (Å²) in [5.41, 5.74) is 0.730. The third kappa shape index (κ3) is 4.55. The molecule has 0 heterocycles. The van der Waals surface area contributed by atoms with Crippen LogP contribution in [0.25, 0.3) is 0 Å². The molecular formula is C13H19O5P. The van der Waals surface area contributed by atoms with E-state index in [1.165, 1.54) is 14.2 Å². The molecule has 106 valence electrons. The van der Waals surface area contributed by atoms with E-state index in [4.69, 9.17) is 13.8 Å². The fraction of sp³-hybridized carbons (Fsp3) is 0.462. The van der Waals surface area contributed by atoms with Gasteiger partial charge < -0.3 is 13.8 Å². The van der Waals surface area contributed by atoms with E-state index in [1.54, 1.807) is 19.1 Å². The summed E-state index contributed by atoms with van der Waals surface area (Å²) in [6.45, 7) is 2.19. The molecule has 6 heteroatoms. The lowest BCUT2D eigenvalue weighted by Crippen LogP contribution is -2.20. The molecule has 1 atom stereocenters. The average Bonchev–Trinajstić information content (AvgIpc) is 2.45. The highest BCUT2D eigenvalue weighted by Crippen LogP contribution is 2.47. The summed E-state index contributed by atoms with van der Waals surface area (Å²) in [4.78, 5) is 12.2. The van der Waals surface area contributed by atoms with E-state index in [0.717, 1.165) is 5.56 Å². The van der Waals surface area contributed by atoms with Crippen molar-refractivity contribution in [2.75, 3.05) is 27.0 Å². The molecular weight excluding hydrogens is 267 g/mol. The molecule has 1 aromatic carbocycles. The van der Waals surface area contributed by atoms with Crippen LogP contribution in [0.1, 0.15) is 18.6 Å². The van der Waals surface area contributed by atoms with Gasteiger partial charge in [-0.3, -0.25) is 9.36 Å². The lowest BCUT2D eigenvalue weighted by Gasteiger charge is -2.19. The zero-order chi connectivity index (χ0) is 14.3. The van der Waals surface area contributed by atoms with Crippen LogP contribution in [0.5, 0.6) is 0 Å². The van der Waals surface area contributed by atoms with Gasteiger partial charge in [0.2, 0.25) is 0 Å². The number of rotatable bonds is 8. The Morgan fingerprint density at radius 1 is 1.21 bits per heavy atom. The molecule has 0 aromatic heterocycles. The van der Waals surface area contributed by atoms with E-state index < -0.39 is 13.7 Å². The van der Waals surface area contributed by atoms with E-state index in [1.807, 2.05) is 18.2 Å². The number of carbonyl (C=O) groups is 1. The van der Waals surface area contributed by atoms with Crippen LogP contribution >= 0.6 is 7.60 Å². The largest absolute Gasteiger partial charge is 0.366 e. The second kappa shape index (κ2) is 7.56. The Kier molecular flexibility index (Phi) is 6.38. The first kappa shape index (κ1) is 16.1. The molecule has 1 unspecified atom stereocenters. The number of ether oxygens (including phenoxy) is 1. The first-order valence-electron chi connectivity index (χ1n) is 5.96. The van der Waals surface area contributed by atoms with E-state index in [-0.39, 0.29) is 11.9 Å². The zero-order valence-electron chi connectivity index (χ0n) is 11.4. The van der Waals surface area contributed by atoms with Crippen molar-refractivity contribution in [2.24, 2.45) is 0 Å². The molecule has 0 saturated heterocycles. The van der Waals surface area contributed by atoms with Crippen LogP contribution in [-0.2, 0) is 23.1 Å². The molecule has 1 aromatic rings. The molecule has 0 amide bonds. The highest BCUT2D eigenvalue weighted by Gasteiger charge is 2.31. The SMILES string of the molecule is CCOC(C(=O)CP(=O)(OC)OC)c1ccccc1. The molecule has 0 N–H and O–H groups in total. The highest BCUT2D eigenvalue weighted by atomic mass is 31.2. The van der Waals surface area contributed by atoms with Crippen LogP contribution in [0.15, 0.2) is 30.3 Å². The van der Waals surface area contributed by atoms with Crippen molar-refractivity contribution in [3.05, 3.63) is 35.9 Å². The molecule has 0 radical (unpaired) electrons. The maximum absolute atomic E-state index is 12.2. The molecule has 19 heavy (non-hydrogen) atoms. The van der Waals surface area contributed by atoms with E-state index in [2.05, 4.69) is 0 Å². The van der Waals surface area contributed by atoms with Crippen molar-refractivity contribution in [3.8, 4) is 0 Å². The third-order valence-electron chi connectivity index (χ3n) is 2.63. The Labute approximate surface area is 113 Å². The van der Waals surface area contributed by atoms with Crippen LogP contribution in [0.3, 0.4) is 0 Å². The molecule has 0 aliphatic carbocycles. The molecule has 0 saturated carbocycles. The van der Waals surface area contributed by atoms with Crippen molar-refractivity contribution < 1.29 is 23.1 Å². The molecule has 0 spiro atoms. The fourth-order valence-electron chi connectivity index (χ4n) is 1.65. The van der Waals surface area contributed by atoms with Gasteiger partial charge in [-0.1, -0.05) is 30.3 Å². The summed E-state index contributed by atoms with van der Waals surface area (Å²) in [6, 6.07) is 9.08. The Hall–Kier alpha value is -1.00. The first-order chi connectivity index (χ1) is 9.06. The van der Waals surface area contributed by atoms with Crippen LogP contribution in [0.2, 0.25) is 0 Å².